The predicted molar refractivity (Wildman–Crippen MR) is 110 cm³/mol. The molecule has 0 spiro atoms. The molecule has 166 valence electrons. The average Bonchev–Trinajstić information content (AvgIpc) is 3.00. The van der Waals surface area contributed by atoms with Crippen LogP contribution in [0.2, 0.25) is 0 Å². The molecule has 1 unspecified atom stereocenters. The standard InChI is InChI=1S/C24H40O5/c1-4-5-15(22(28)29)16-6-7-17-21-18(12-20(27)24(16,17)3)23(2)9-8-14(25)10-13(23)11-19(21)26/h13-21,25-27H,4-12H2,1-3H3,(H,28,29)/t13-,14+,15?,16+,17-,18-,19+,20-,21-,23-,24-/m0/s1. The van der Waals surface area contributed by atoms with Gasteiger partial charge < -0.3 is 20.4 Å². The summed E-state index contributed by atoms with van der Waals surface area (Å²) in [5.74, 6) is -0.277. The second-order valence-corrected chi connectivity index (χ2v) is 11.3. The van der Waals surface area contributed by atoms with Gasteiger partial charge in [-0.25, -0.2) is 0 Å². The molecule has 29 heavy (non-hydrogen) atoms. The van der Waals surface area contributed by atoms with Crippen molar-refractivity contribution in [2.24, 2.45) is 46.3 Å². The van der Waals surface area contributed by atoms with Gasteiger partial charge in [0.25, 0.3) is 0 Å². The number of hydrogen-bond donors (Lipinski definition) is 4. The van der Waals surface area contributed by atoms with Gasteiger partial charge in [-0.2, -0.15) is 0 Å². The first-order chi connectivity index (χ1) is 13.6. The van der Waals surface area contributed by atoms with E-state index in [1.165, 1.54) is 0 Å². The molecule has 0 heterocycles. The van der Waals surface area contributed by atoms with E-state index in [0.29, 0.717) is 18.8 Å². The number of carbonyl (C=O) groups is 1. The summed E-state index contributed by atoms with van der Waals surface area (Å²) in [6, 6.07) is 0. The lowest BCUT2D eigenvalue weighted by atomic mass is 9.43. The van der Waals surface area contributed by atoms with Gasteiger partial charge in [-0.05, 0) is 86.4 Å². The largest absolute Gasteiger partial charge is 0.481 e. The van der Waals surface area contributed by atoms with Gasteiger partial charge in [0.05, 0.1) is 24.2 Å². The molecule has 0 amide bonds. The highest BCUT2D eigenvalue weighted by Gasteiger charge is 2.66. The third kappa shape index (κ3) is 3.10. The van der Waals surface area contributed by atoms with E-state index in [4.69, 9.17) is 0 Å². The third-order valence-electron chi connectivity index (χ3n) is 10.2. The average molecular weight is 409 g/mol. The SMILES string of the molecule is CCCC(C(=O)O)[C@H]1CC[C@H]2[C@@H]3[C@H](O)C[C@@H]4C[C@H](O)CC[C@]4(C)[C@H]3C[C@H](O)[C@@]12C. The molecule has 4 fully saturated rings. The molecule has 0 aliphatic heterocycles. The minimum absolute atomic E-state index is 0.0215. The van der Waals surface area contributed by atoms with Crippen molar-refractivity contribution in [2.45, 2.75) is 96.9 Å². The van der Waals surface area contributed by atoms with Gasteiger partial charge in [-0.15, -0.1) is 0 Å². The van der Waals surface area contributed by atoms with Gasteiger partial charge in [0.1, 0.15) is 0 Å². The number of carboxylic acid groups (broad SMARTS) is 1. The van der Waals surface area contributed by atoms with E-state index in [1.54, 1.807) is 0 Å². The third-order valence-corrected chi connectivity index (χ3v) is 10.2. The number of hydrogen-bond acceptors (Lipinski definition) is 4. The summed E-state index contributed by atoms with van der Waals surface area (Å²) in [7, 11) is 0. The zero-order valence-corrected chi connectivity index (χ0v) is 18.3. The van der Waals surface area contributed by atoms with Crippen LogP contribution in [0.25, 0.3) is 0 Å². The Kier molecular flexibility index (Phi) is 5.57. The Balaban J connectivity index is 1.67. The molecule has 4 rings (SSSR count). The van der Waals surface area contributed by atoms with Crippen molar-refractivity contribution in [1.29, 1.82) is 0 Å². The first kappa shape index (κ1) is 21.6. The molecule has 4 aliphatic rings. The molecule has 0 saturated heterocycles. The van der Waals surface area contributed by atoms with Crippen molar-refractivity contribution in [3.05, 3.63) is 0 Å². The highest BCUT2D eigenvalue weighted by atomic mass is 16.4. The lowest BCUT2D eigenvalue weighted by molar-refractivity contribution is -0.208. The summed E-state index contributed by atoms with van der Waals surface area (Å²) in [6.07, 6.45) is 5.97. The predicted octanol–water partition coefficient (Wildman–Crippen LogP) is 3.45. The van der Waals surface area contributed by atoms with E-state index >= 15 is 0 Å². The molecule has 4 aliphatic carbocycles. The zero-order valence-electron chi connectivity index (χ0n) is 18.3. The normalized spacial score (nSPS) is 52.9. The maximum Gasteiger partial charge on any atom is 0.306 e. The molecule has 0 radical (unpaired) electrons. The van der Waals surface area contributed by atoms with Gasteiger partial charge in [0.2, 0.25) is 0 Å². The molecule has 0 bridgehead atoms. The molecular weight excluding hydrogens is 368 g/mol. The fraction of sp³-hybridized carbons (Fsp3) is 0.958. The Hall–Kier alpha value is -0.650. The van der Waals surface area contributed by atoms with Crippen LogP contribution in [0.15, 0.2) is 0 Å². The van der Waals surface area contributed by atoms with Gasteiger partial charge in [0, 0.05) is 5.41 Å². The molecule has 5 heteroatoms. The molecule has 4 saturated carbocycles. The van der Waals surface area contributed by atoms with Crippen molar-refractivity contribution in [1.82, 2.24) is 0 Å². The Labute approximate surface area is 174 Å². The lowest BCUT2D eigenvalue weighted by Crippen LogP contribution is -2.62. The number of aliphatic hydroxyl groups is 3. The van der Waals surface area contributed by atoms with Gasteiger partial charge in [-0.3, -0.25) is 4.79 Å². The van der Waals surface area contributed by atoms with Crippen LogP contribution in [0, 0.1) is 46.3 Å². The van der Waals surface area contributed by atoms with Crippen molar-refractivity contribution < 1.29 is 25.2 Å². The summed E-state index contributed by atoms with van der Waals surface area (Å²) in [5, 5.41) is 42.8. The quantitative estimate of drug-likeness (QED) is 0.571. The van der Waals surface area contributed by atoms with E-state index in [9.17, 15) is 25.2 Å². The minimum atomic E-state index is -0.731. The second-order valence-electron chi connectivity index (χ2n) is 11.3. The van der Waals surface area contributed by atoms with E-state index < -0.39 is 29.5 Å². The Morgan fingerprint density at radius 3 is 2.41 bits per heavy atom. The summed E-state index contributed by atoms with van der Waals surface area (Å²) in [6.45, 7) is 6.47. The summed E-state index contributed by atoms with van der Waals surface area (Å²) < 4.78 is 0. The molecule has 0 aromatic heterocycles. The van der Waals surface area contributed by atoms with Crippen molar-refractivity contribution in [3.8, 4) is 0 Å². The molecule has 5 nitrogen and oxygen atoms in total. The minimum Gasteiger partial charge on any atom is -0.481 e. The van der Waals surface area contributed by atoms with Crippen LogP contribution < -0.4 is 0 Å². The second kappa shape index (κ2) is 7.49. The fourth-order valence-electron chi connectivity index (χ4n) is 8.68. The summed E-state index contributed by atoms with van der Waals surface area (Å²) in [5.41, 5.74) is -0.378. The lowest BCUT2D eigenvalue weighted by Gasteiger charge is -2.63. The smallest absolute Gasteiger partial charge is 0.306 e. The van der Waals surface area contributed by atoms with Crippen molar-refractivity contribution in [3.63, 3.8) is 0 Å². The highest BCUT2D eigenvalue weighted by molar-refractivity contribution is 5.70. The number of rotatable bonds is 4. The van der Waals surface area contributed by atoms with E-state index in [2.05, 4.69) is 13.8 Å². The Morgan fingerprint density at radius 2 is 1.76 bits per heavy atom. The van der Waals surface area contributed by atoms with Gasteiger partial charge in [-0.1, -0.05) is 27.2 Å². The summed E-state index contributed by atoms with van der Waals surface area (Å²) in [4.78, 5) is 12.1. The fourth-order valence-corrected chi connectivity index (χ4v) is 8.68. The number of aliphatic hydroxyl groups excluding tert-OH is 3. The number of aliphatic carboxylic acids is 1. The Bertz CT molecular complexity index is 637. The maximum absolute atomic E-state index is 12.1. The monoisotopic (exact) mass is 408 g/mol. The van der Waals surface area contributed by atoms with E-state index in [-0.39, 0.29) is 35.2 Å². The zero-order chi connectivity index (χ0) is 21.1. The highest BCUT2D eigenvalue weighted by Crippen LogP contribution is 2.68. The van der Waals surface area contributed by atoms with Gasteiger partial charge in [0.15, 0.2) is 0 Å². The van der Waals surface area contributed by atoms with E-state index in [0.717, 1.165) is 44.9 Å². The van der Waals surface area contributed by atoms with Crippen LogP contribution in [0.4, 0.5) is 0 Å². The van der Waals surface area contributed by atoms with Crippen molar-refractivity contribution in [2.75, 3.05) is 0 Å². The maximum atomic E-state index is 12.1. The molecule has 11 atom stereocenters. The van der Waals surface area contributed by atoms with Crippen molar-refractivity contribution >= 4 is 5.97 Å². The van der Waals surface area contributed by atoms with Crippen LogP contribution in [0.3, 0.4) is 0 Å². The Morgan fingerprint density at radius 1 is 1.03 bits per heavy atom. The van der Waals surface area contributed by atoms with Gasteiger partial charge >= 0.3 is 5.97 Å². The van der Waals surface area contributed by atoms with Crippen LogP contribution in [-0.4, -0.2) is 44.7 Å². The van der Waals surface area contributed by atoms with E-state index in [1.807, 2.05) is 6.92 Å². The molecular formula is C24H40O5. The molecule has 4 N–H and O–H groups in total. The number of carboxylic acids is 1. The summed E-state index contributed by atoms with van der Waals surface area (Å²) >= 11 is 0. The van der Waals surface area contributed by atoms with Crippen LogP contribution in [0.1, 0.15) is 78.6 Å². The topological polar surface area (TPSA) is 98.0 Å². The van der Waals surface area contributed by atoms with Crippen LogP contribution >= 0.6 is 0 Å². The van der Waals surface area contributed by atoms with Crippen LogP contribution in [0.5, 0.6) is 0 Å². The number of fused-ring (bicyclic) bond motifs is 5. The van der Waals surface area contributed by atoms with Crippen LogP contribution in [-0.2, 0) is 4.79 Å². The first-order valence-corrected chi connectivity index (χ1v) is 11.9. The molecule has 0 aromatic rings. The molecule has 0 aromatic carbocycles. The first-order valence-electron chi connectivity index (χ1n) is 11.9.